The van der Waals surface area contributed by atoms with Crippen LogP contribution in [0.15, 0.2) is 24.3 Å². The van der Waals surface area contributed by atoms with Gasteiger partial charge in [-0.05, 0) is 43.4 Å². The average Bonchev–Trinajstić information content (AvgIpc) is 3.41. The summed E-state index contributed by atoms with van der Waals surface area (Å²) in [5.41, 5.74) is 0.712. The van der Waals surface area contributed by atoms with E-state index in [9.17, 15) is 9.59 Å². The second-order valence-electron chi connectivity index (χ2n) is 8.45. The van der Waals surface area contributed by atoms with E-state index in [0.717, 1.165) is 70.3 Å². The third-order valence-corrected chi connectivity index (χ3v) is 6.99. The van der Waals surface area contributed by atoms with Gasteiger partial charge in [0.1, 0.15) is 0 Å². The van der Waals surface area contributed by atoms with Gasteiger partial charge in [-0.15, -0.1) is 0 Å². The number of benzene rings is 1. The van der Waals surface area contributed by atoms with Crippen LogP contribution in [0.25, 0.3) is 0 Å². The van der Waals surface area contributed by atoms with Gasteiger partial charge in [0.15, 0.2) is 0 Å². The zero-order chi connectivity index (χ0) is 19.6. The fourth-order valence-electron chi connectivity index (χ4n) is 5.04. The van der Waals surface area contributed by atoms with Gasteiger partial charge in [-0.3, -0.25) is 14.5 Å². The van der Waals surface area contributed by atoms with E-state index < -0.39 is 5.41 Å². The summed E-state index contributed by atoms with van der Waals surface area (Å²) in [6, 6.07) is 7.84. The molecular weight excluding hydrogens is 374 g/mol. The van der Waals surface area contributed by atoms with Crippen LogP contribution in [0.5, 0.6) is 0 Å². The van der Waals surface area contributed by atoms with Crippen LogP contribution in [-0.2, 0) is 15.0 Å². The Morgan fingerprint density at radius 1 is 0.821 bits per heavy atom. The number of rotatable bonds is 4. The molecule has 1 saturated carbocycles. The molecular formula is C22H30ClN3O2. The van der Waals surface area contributed by atoms with Gasteiger partial charge in [-0.1, -0.05) is 36.6 Å². The van der Waals surface area contributed by atoms with Crippen molar-refractivity contribution in [1.82, 2.24) is 14.7 Å². The van der Waals surface area contributed by atoms with Crippen molar-refractivity contribution >= 4 is 23.4 Å². The fourth-order valence-corrected chi connectivity index (χ4v) is 5.17. The molecule has 2 heterocycles. The normalized spacial score (nSPS) is 22.6. The molecule has 28 heavy (non-hydrogen) atoms. The lowest BCUT2D eigenvalue weighted by Gasteiger charge is -2.40. The zero-order valence-corrected chi connectivity index (χ0v) is 17.3. The summed E-state index contributed by atoms with van der Waals surface area (Å²) in [6.45, 7) is 5.28. The minimum absolute atomic E-state index is 0.241. The smallest absolute Gasteiger partial charge is 0.236 e. The molecule has 2 saturated heterocycles. The van der Waals surface area contributed by atoms with Crippen molar-refractivity contribution in [3.05, 3.63) is 34.9 Å². The van der Waals surface area contributed by atoms with E-state index in [1.807, 2.05) is 34.1 Å². The van der Waals surface area contributed by atoms with Gasteiger partial charge in [0, 0.05) is 44.3 Å². The van der Waals surface area contributed by atoms with Crippen LogP contribution in [0.1, 0.15) is 44.1 Å². The van der Waals surface area contributed by atoms with E-state index in [0.29, 0.717) is 24.7 Å². The molecule has 0 aromatic heterocycles. The molecule has 0 bridgehead atoms. The lowest BCUT2D eigenvalue weighted by molar-refractivity contribution is -0.139. The van der Waals surface area contributed by atoms with Gasteiger partial charge < -0.3 is 9.80 Å². The third-order valence-electron chi connectivity index (χ3n) is 6.74. The summed E-state index contributed by atoms with van der Waals surface area (Å²) < 4.78 is 0. The van der Waals surface area contributed by atoms with Crippen LogP contribution in [-0.4, -0.2) is 72.3 Å². The van der Waals surface area contributed by atoms with Gasteiger partial charge in [-0.25, -0.2) is 0 Å². The SMILES string of the molecule is O=C(CN1CCN(C(=O)C2(c3ccc(Cl)cc3)CCCC2)CC1)N1CCCC1. The summed E-state index contributed by atoms with van der Waals surface area (Å²) >= 11 is 6.06. The first kappa shape index (κ1) is 19.7. The maximum Gasteiger partial charge on any atom is 0.236 e. The minimum atomic E-state index is -0.391. The Morgan fingerprint density at radius 2 is 1.43 bits per heavy atom. The molecule has 0 unspecified atom stereocenters. The van der Waals surface area contributed by atoms with E-state index in [4.69, 9.17) is 11.6 Å². The highest BCUT2D eigenvalue weighted by molar-refractivity contribution is 6.30. The van der Waals surface area contributed by atoms with Crippen molar-refractivity contribution in [3.8, 4) is 0 Å². The van der Waals surface area contributed by atoms with E-state index in [1.54, 1.807) is 0 Å². The van der Waals surface area contributed by atoms with E-state index in [-0.39, 0.29) is 11.8 Å². The van der Waals surface area contributed by atoms with Crippen molar-refractivity contribution in [2.24, 2.45) is 0 Å². The molecule has 0 atom stereocenters. The first-order chi connectivity index (χ1) is 13.6. The van der Waals surface area contributed by atoms with Crippen molar-refractivity contribution in [2.75, 3.05) is 45.8 Å². The minimum Gasteiger partial charge on any atom is -0.342 e. The highest BCUT2D eigenvalue weighted by Gasteiger charge is 2.45. The lowest BCUT2D eigenvalue weighted by Crippen LogP contribution is -2.55. The third kappa shape index (κ3) is 3.92. The Morgan fingerprint density at radius 3 is 2.04 bits per heavy atom. The molecule has 4 rings (SSSR count). The Hall–Kier alpha value is -1.59. The molecule has 1 aliphatic carbocycles. The lowest BCUT2D eigenvalue weighted by atomic mass is 9.77. The Kier molecular flexibility index (Phi) is 5.93. The molecule has 3 fully saturated rings. The molecule has 1 aromatic carbocycles. The highest BCUT2D eigenvalue weighted by atomic mass is 35.5. The van der Waals surface area contributed by atoms with Crippen molar-refractivity contribution in [2.45, 2.75) is 43.9 Å². The predicted octanol–water partition coefficient (Wildman–Crippen LogP) is 2.92. The Balaban J connectivity index is 1.38. The summed E-state index contributed by atoms with van der Waals surface area (Å²) in [4.78, 5) is 32.1. The Bertz CT molecular complexity index is 701. The standard InChI is InChI=1S/C22H30ClN3O2/c23-19-7-5-18(6-8-19)22(9-1-2-10-22)21(28)26-15-13-24(14-16-26)17-20(27)25-11-3-4-12-25/h5-8H,1-4,9-17H2. The van der Waals surface area contributed by atoms with Crippen molar-refractivity contribution in [1.29, 1.82) is 0 Å². The zero-order valence-electron chi connectivity index (χ0n) is 16.5. The molecule has 5 nitrogen and oxygen atoms in total. The number of carbonyl (C=O) groups is 2. The van der Waals surface area contributed by atoms with Crippen LogP contribution in [0.4, 0.5) is 0 Å². The van der Waals surface area contributed by atoms with Gasteiger partial charge in [0.05, 0.1) is 12.0 Å². The highest BCUT2D eigenvalue weighted by Crippen LogP contribution is 2.43. The first-order valence-electron chi connectivity index (χ1n) is 10.6. The Labute approximate surface area is 172 Å². The molecule has 2 aliphatic heterocycles. The van der Waals surface area contributed by atoms with Gasteiger partial charge in [-0.2, -0.15) is 0 Å². The second-order valence-corrected chi connectivity index (χ2v) is 8.89. The number of hydrogen-bond donors (Lipinski definition) is 0. The number of hydrogen-bond acceptors (Lipinski definition) is 3. The molecule has 6 heteroatoms. The number of halogens is 1. The number of likely N-dealkylation sites (tertiary alicyclic amines) is 1. The molecule has 152 valence electrons. The van der Waals surface area contributed by atoms with Crippen LogP contribution in [0, 0.1) is 0 Å². The fraction of sp³-hybridized carbons (Fsp3) is 0.636. The van der Waals surface area contributed by atoms with Gasteiger partial charge >= 0.3 is 0 Å². The second kappa shape index (κ2) is 8.42. The molecule has 0 spiro atoms. The maximum atomic E-state index is 13.5. The molecule has 0 radical (unpaired) electrons. The van der Waals surface area contributed by atoms with Crippen LogP contribution in [0.3, 0.4) is 0 Å². The molecule has 1 aromatic rings. The summed E-state index contributed by atoms with van der Waals surface area (Å²) in [5, 5.41) is 0.709. The molecule has 3 aliphatic rings. The molecule has 2 amide bonds. The molecule has 0 N–H and O–H groups in total. The van der Waals surface area contributed by atoms with Crippen molar-refractivity contribution in [3.63, 3.8) is 0 Å². The maximum absolute atomic E-state index is 13.5. The first-order valence-corrected chi connectivity index (χ1v) is 11.0. The van der Waals surface area contributed by atoms with Crippen LogP contribution >= 0.6 is 11.6 Å². The van der Waals surface area contributed by atoms with Crippen LogP contribution < -0.4 is 0 Å². The van der Waals surface area contributed by atoms with Crippen LogP contribution in [0.2, 0.25) is 5.02 Å². The summed E-state index contributed by atoms with van der Waals surface area (Å²) in [5.74, 6) is 0.503. The summed E-state index contributed by atoms with van der Waals surface area (Å²) in [6.07, 6.45) is 6.28. The predicted molar refractivity (Wildman–Crippen MR) is 110 cm³/mol. The quantitative estimate of drug-likeness (QED) is 0.776. The number of nitrogens with zero attached hydrogens (tertiary/aromatic N) is 3. The summed E-state index contributed by atoms with van der Waals surface area (Å²) in [7, 11) is 0. The van der Waals surface area contributed by atoms with E-state index in [2.05, 4.69) is 4.90 Å². The van der Waals surface area contributed by atoms with Crippen molar-refractivity contribution < 1.29 is 9.59 Å². The van der Waals surface area contributed by atoms with Gasteiger partial charge in [0.2, 0.25) is 11.8 Å². The average molecular weight is 404 g/mol. The van der Waals surface area contributed by atoms with Gasteiger partial charge in [0.25, 0.3) is 0 Å². The monoisotopic (exact) mass is 403 g/mol. The topological polar surface area (TPSA) is 43.9 Å². The largest absolute Gasteiger partial charge is 0.342 e. The van der Waals surface area contributed by atoms with E-state index in [1.165, 1.54) is 0 Å². The number of piperazine rings is 1. The number of carbonyl (C=O) groups excluding carboxylic acids is 2. The van der Waals surface area contributed by atoms with E-state index >= 15 is 0 Å². The number of amides is 2.